The third-order valence-electron chi connectivity index (χ3n) is 5.42. The van der Waals surface area contributed by atoms with E-state index in [1.54, 1.807) is 12.1 Å². The molecule has 5 nitrogen and oxygen atoms in total. The third-order valence-corrected chi connectivity index (χ3v) is 6.87. The third kappa shape index (κ3) is 6.99. The lowest BCUT2D eigenvalue weighted by molar-refractivity contribution is -0.137. The fourth-order valence-electron chi connectivity index (χ4n) is 3.44. The predicted molar refractivity (Wildman–Crippen MR) is 131 cm³/mol. The lowest BCUT2D eigenvalue weighted by atomic mass is 10.0. The maximum Gasteiger partial charge on any atom is 0.416 e. The zero-order valence-electron chi connectivity index (χ0n) is 19.0. The summed E-state index contributed by atoms with van der Waals surface area (Å²) in [6.07, 6.45) is -3.77. The van der Waals surface area contributed by atoms with Crippen LogP contribution in [0.2, 0.25) is 5.02 Å². The van der Waals surface area contributed by atoms with Crippen LogP contribution < -0.4 is 9.62 Å². The molecule has 10 heteroatoms. The summed E-state index contributed by atoms with van der Waals surface area (Å²) >= 11 is 6.06. The Morgan fingerprint density at radius 1 is 1.03 bits per heavy atom. The number of anilines is 1. The second-order valence-electron chi connectivity index (χ2n) is 8.15. The van der Waals surface area contributed by atoms with Crippen LogP contribution in [0.15, 0.2) is 72.8 Å². The second kappa shape index (κ2) is 10.7. The van der Waals surface area contributed by atoms with E-state index in [0.717, 1.165) is 28.3 Å². The van der Waals surface area contributed by atoms with Gasteiger partial charge in [-0.25, -0.2) is 8.42 Å². The number of benzene rings is 3. The maximum absolute atomic E-state index is 13.2. The van der Waals surface area contributed by atoms with E-state index in [4.69, 9.17) is 11.6 Å². The molecule has 0 fully saturated rings. The van der Waals surface area contributed by atoms with Crippen LogP contribution in [-0.4, -0.2) is 27.1 Å². The fourth-order valence-corrected chi connectivity index (χ4v) is 4.60. The quantitative estimate of drug-likeness (QED) is 0.401. The van der Waals surface area contributed by atoms with E-state index in [1.165, 1.54) is 12.1 Å². The molecule has 0 spiro atoms. The highest BCUT2D eigenvalue weighted by Crippen LogP contribution is 2.36. The van der Waals surface area contributed by atoms with Crippen molar-refractivity contribution in [1.82, 2.24) is 5.32 Å². The first-order valence-electron chi connectivity index (χ1n) is 10.6. The molecule has 0 aliphatic heterocycles. The van der Waals surface area contributed by atoms with Crippen molar-refractivity contribution in [3.63, 3.8) is 0 Å². The summed E-state index contributed by atoms with van der Waals surface area (Å²) in [7, 11) is -3.97. The number of sulfonamides is 1. The Bertz CT molecular complexity index is 1280. The Hall–Kier alpha value is -3.04. The minimum absolute atomic E-state index is 0.111. The number of nitrogens with one attached hydrogen (secondary N) is 1. The number of halogens is 4. The highest BCUT2D eigenvalue weighted by molar-refractivity contribution is 7.92. The van der Waals surface area contributed by atoms with Crippen molar-refractivity contribution in [2.24, 2.45) is 0 Å². The number of carbonyl (C=O) groups is 1. The molecule has 0 aliphatic carbocycles. The molecule has 3 aromatic carbocycles. The molecule has 3 rings (SSSR count). The molecule has 0 unspecified atom stereocenters. The fraction of sp³-hybridized carbons (Fsp3) is 0.240. The Balaban J connectivity index is 1.75. The molecular formula is C25H24ClF3N2O3S. The number of amides is 1. The van der Waals surface area contributed by atoms with Crippen LogP contribution in [0.25, 0.3) is 0 Å². The Kier molecular flexibility index (Phi) is 8.12. The van der Waals surface area contributed by atoms with Crippen molar-refractivity contribution < 1.29 is 26.4 Å². The van der Waals surface area contributed by atoms with E-state index < -0.39 is 21.8 Å². The number of carbonyl (C=O) groups excluding carboxylic acids is 1. The number of rotatable bonds is 8. The molecule has 1 atom stereocenters. The van der Waals surface area contributed by atoms with Crippen LogP contribution in [0.4, 0.5) is 18.9 Å². The summed E-state index contributed by atoms with van der Waals surface area (Å²) in [5.74, 6) is -0.180. The van der Waals surface area contributed by atoms with Gasteiger partial charge in [0.25, 0.3) is 5.91 Å². The van der Waals surface area contributed by atoms with Crippen molar-refractivity contribution in [1.29, 1.82) is 0 Å². The normalized spacial score (nSPS) is 12.7. The number of nitrogens with zero attached hydrogens (tertiary/aromatic N) is 1. The van der Waals surface area contributed by atoms with Gasteiger partial charge in [-0.2, -0.15) is 13.2 Å². The van der Waals surface area contributed by atoms with Gasteiger partial charge in [0.1, 0.15) is 0 Å². The molecule has 186 valence electrons. The Morgan fingerprint density at radius 3 is 2.23 bits per heavy atom. The van der Waals surface area contributed by atoms with Crippen molar-refractivity contribution in [3.8, 4) is 0 Å². The molecule has 0 heterocycles. The molecule has 35 heavy (non-hydrogen) atoms. The van der Waals surface area contributed by atoms with Crippen LogP contribution >= 0.6 is 11.6 Å². The second-order valence-corrected chi connectivity index (χ2v) is 10.5. The van der Waals surface area contributed by atoms with E-state index >= 15 is 0 Å². The highest BCUT2D eigenvalue weighted by atomic mass is 35.5. The monoisotopic (exact) mass is 524 g/mol. The molecule has 3 aromatic rings. The summed E-state index contributed by atoms with van der Waals surface area (Å²) in [5.41, 5.74) is 0.649. The lowest BCUT2D eigenvalue weighted by Gasteiger charge is -2.24. The van der Waals surface area contributed by atoms with Gasteiger partial charge in [0.05, 0.1) is 29.1 Å². The molecule has 0 aliphatic rings. The van der Waals surface area contributed by atoms with Gasteiger partial charge in [0.15, 0.2) is 0 Å². The van der Waals surface area contributed by atoms with Crippen molar-refractivity contribution in [2.45, 2.75) is 25.6 Å². The minimum atomic E-state index is -4.66. The van der Waals surface area contributed by atoms with E-state index in [-0.39, 0.29) is 29.1 Å². The molecule has 0 radical (unpaired) electrons. The first-order valence-corrected chi connectivity index (χ1v) is 12.9. The van der Waals surface area contributed by atoms with Crippen molar-refractivity contribution in [3.05, 3.63) is 100 Å². The van der Waals surface area contributed by atoms with Gasteiger partial charge in [0, 0.05) is 12.1 Å². The summed E-state index contributed by atoms with van der Waals surface area (Å²) in [5, 5.41) is 2.73. The average molecular weight is 525 g/mol. The number of alkyl halides is 3. The first-order chi connectivity index (χ1) is 16.4. The van der Waals surface area contributed by atoms with Crippen LogP contribution in [0, 0.1) is 0 Å². The smallest absolute Gasteiger partial charge is 0.351 e. The summed E-state index contributed by atoms with van der Waals surface area (Å²) in [6, 6.07) is 18.4. The first kappa shape index (κ1) is 26.6. The topological polar surface area (TPSA) is 66.5 Å². The molecule has 1 amide bonds. The van der Waals surface area contributed by atoms with Crippen LogP contribution in [0.5, 0.6) is 0 Å². The molecule has 0 saturated carbocycles. The van der Waals surface area contributed by atoms with Gasteiger partial charge in [0.2, 0.25) is 10.0 Å². The van der Waals surface area contributed by atoms with E-state index in [9.17, 15) is 26.4 Å². The zero-order valence-corrected chi connectivity index (χ0v) is 20.6. The van der Waals surface area contributed by atoms with Gasteiger partial charge in [-0.1, -0.05) is 61.0 Å². The van der Waals surface area contributed by atoms with Crippen LogP contribution in [-0.2, 0) is 22.7 Å². The molecule has 0 bridgehead atoms. The molecule has 1 N–H and O–H groups in total. The maximum atomic E-state index is 13.2. The predicted octanol–water partition coefficient (Wildman–Crippen LogP) is 5.86. The molecule has 0 aromatic heterocycles. The summed E-state index contributed by atoms with van der Waals surface area (Å²) in [6.45, 7) is 2.17. The highest BCUT2D eigenvalue weighted by Gasteiger charge is 2.32. The number of hydrogen-bond donors (Lipinski definition) is 1. The van der Waals surface area contributed by atoms with Crippen LogP contribution in [0.1, 0.15) is 39.9 Å². The SMILES string of the molecule is C[C@H](CNC(=O)c1ccc(CN(c2cc(C(F)(F)F)ccc2Cl)S(C)(=O)=O)cc1)c1ccccc1. The largest absolute Gasteiger partial charge is 0.416 e. The summed E-state index contributed by atoms with van der Waals surface area (Å²) in [4.78, 5) is 12.5. The van der Waals surface area contributed by atoms with Gasteiger partial charge >= 0.3 is 6.18 Å². The number of hydrogen-bond acceptors (Lipinski definition) is 3. The van der Waals surface area contributed by atoms with Crippen molar-refractivity contribution in [2.75, 3.05) is 17.1 Å². The van der Waals surface area contributed by atoms with Crippen molar-refractivity contribution >= 4 is 33.2 Å². The van der Waals surface area contributed by atoms with E-state index in [2.05, 4.69) is 5.32 Å². The van der Waals surface area contributed by atoms with E-state index in [1.807, 2.05) is 37.3 Å². The zero-order chi connectivity index (χ0) is 25.8. The van der Waals surface area contributed by atoms with Gasteiger partial charge in [-0.3, -0.25) is 9.10 Å². The van der Waals surface area contributed by atoms with E-state index in [0.29, 0.717) is 23.7 Å². The van der Waals surface area contributed by atoms with Crippen LogP contribution in [0.3, 0.4) is 0 Å². The standard InChI is InChI=1S/C25H24ClF3N2O3S/c1-17(19-6-4-3-5-7-19)15-30-24(32)20-10-8-18(9-11-20)16-31(35(2,33)34)23-14-21(25(27,28)29)12-13-22(23)26/h3-14,17H,15-16H2,1-2H3,(H,30,32)/t17-/m1/s1. The Labute approximate surface area is 207 Å². The van der Waals surface area contributed by atoms with Gasteiger partial charge < -0.3 is 5.32 Å². The average Bonchev–Trinajstić information content (AvgIpc) is 2.81. The summed E-state index contributed by atoms with van der Waals surface area (Å²) < 4.78 is 65.1. The Morgan fingerprint density at radius 2 is 1.66 bits per heavy atom. The molecule has 0 saturated heterocycles. The van der Waals surface area contributed by atoms with Gasteiger partial charge in [-0.05, 0) is 47.4 Å². The minimum Gasteiger partial charge on any atom is -0.351 e. The molecular weight excluding hydrogens is 501 g/mol. The lowest BCUT2D eigenvalue weighted by Crippen LogP contribution is -2.30. The van der Waals surface area contributed by atoms with Gasteiger partial charge in [-0.15, -0.1) is 0 Å².